The Kier molecular flexibility index (Phi) is 4.19. The van der Waals surface area contributed by atoms with Crippen LogP contribution in [0.15, 0.2) is 24.3 Å². The van der Waals surface area contributed by atoms with Crippen LogP contribution < -0.4 is 10.5 Å². The van der Waals surface area contributed by atoms with Gasteiger partial charge in [-0.3, -0.25) is 0 Å². The highest BCUT2D eigenvalue weighted by molar-refractivity contribution is 5.51. The fraction of sp³-hybridized carbons (Fsp3) is 0.500. The van der Waals surface area contributed by atoms with E-state index in [9.17, 15) is 5.11 Å². The fourth-order valence-corrected chi connectivity index (χ4v) is 1.40. The molecular formula is C12H17NO4. The molecule has 1 fully saturated rings. The number of nitrogens with two attached hydrogens (primary N) is 1. The van der Waals surface area contributed by atoms with Gasteiger partial charge >= 0.3 is 0 Å². The van der Waals surface area contributed by atoms with Gasteiger partial charge in [0.15, 0.2) is 0 Å². The molecule has 0 saturated carbocycles. The lowest BCUT2D eigenvalue weighted by molar-refractivity contribution is -0.145. The smallest absolute Gasteiger partial charge is 0.142 e. The first-order chi connectivity index (χ1) is 8.25. The normalized spacial score (nSPS) is 17.5. The second-order valence-corrected chi connectivity index (χ2v) is 4.00. The van der Waals surface area contributed by atoms with E-state index in [-0.39, 0.29) is 19.3 Å². The first-order valence-electron chi connectivity index (χ1n) is 5.60. The quantitative estimate of drug-likeness (QED) is 0.704. The van der Waals surface area contributed by atoms with Gasteiger partial charge in [0.1, 0.15) is 24.6 Å². The van der Waals surface area contributed by atoms with Gasteiger partial charge in [-0.2, -0.15) is 0 Å². The molecule has 0 bridgehead atoms. The summed E-state index contributed by atoms with van der Waals surface area (Å²) in [5.74, 6) is 0.582. The molecule has 1 aliphatic rings. The molecule has 1 heterocycles. The number of nitrogen functional groups attached to an aromatic ring is 1. The molecule has 0 radical (unpaired) electrons. The van der Waals surface area contributed by atoms with Crippen LogP contribution in [0.3, 0.4) is 0 Å². The molecule has 1 aliphatic heterocycles. The Hall–Kier alpha value is -1.30. The summed E-state index contributed by atoms with van der Waals surface area (Å²) < 4.78 is 15.7. The SMILES string of the molecule is Nc1ccccc1OCC(O)COC1COC1. The molecule has 0 spiro atoms. The number of hydrogen-bond donors (Lipinski definition) is 2. The average molecular weight is 239 g/mol. The molecule has 1 atom stereocenters. The van der Waals surface area contributed by atoms with Gasteiger partial charge in [-0.1, -0.05) is 12.1 Å². The molecule has 5 heteroatoms. The summed E-state index contributed by atoms with van der Waals surface area (Å²) >= 11 is 0. The molecule has 1 aromatic carbocycles. The maximum Gasteiger partial charge on any atom is 0.142 e. The second-order valence-electron chi connectivity index (χ2n) is 4.00. The molecule has 3 N–H and O–H groups in total. The van der Waals surface area contributed by atoms with E-state index in [1.165, 1.54) is 0 Å². The van der Waals surface area contributed by atoms with E-state index in [0.717, 1.165) is 0 Å². The summed E-state index contributed by atoms with van der Waals surface area (Å²) in [7, 11) is 0. The third-order valence-corrected chi connectivity index (χ3v) is 2.48. The maximum atomic E-state index is 9.64. The predicted molar refractivity (Wildman–Crippen MR) is 62.9 cm³/mol. The highest BCUT2D eigenvalue weighted by atomic mass is 16.6. The summed E-state index contributed by atoms with van der Waals surface area (Å²) in [4.78, 5) is 0. The highest BCUT2D eigenvalue weighted by Crippen LogP contribution is 2.19. The van der Waals surface area contributed by atoms with Crippen LogP contribution in [-0.2, 0) is 9.47 Å². The van der Waals surface area contributed by atoms with Crippen molar-refractivity contribution in [2.45, 2.75) is 12.2 Å². The van der Waals surface area contributed by atoms with Crippen LogP contribution in [0.4, 0.5) is 5.69 Å². The first-order valence-corrected chi connectivity index (χ1v) is 5.60. The zero-order valence-electron chi connectivity index (χ0n) is 9.54. The Balaban J connectivity index is 1.68. The van der Waals surface area contributed by atoms with Crippen LogP contribution in [-0.4, -0.2) is 43.7 Å². The average Bonchev–Trinajstić information content (AvgIpc) is 2.26. The van der Waals surface area contributed by atoms with E-state index < -0.39 is 6.10 Å². The maximum absolute atomic E-state index is 9.64. The molecule has 2 rings (SSSR count). The lowest BCUT2D eigenvalue weighted by atomic mass is 10.3. The minimum absolute atomic E-state index is 0.117. The van der Waals surface area contributed by atoms with Crippen LogP contribution in [0, 0.1) is 0 Å². The van der Waals surface area contributed by atoms with Crippen molar-refractivity contribution in [2.75, 3.05) is 32.2 Å². The number of anilines is 1. The van der Waals surface area contributed by atoms with Crippen LogP contribution in [0.25, 0.3) is 0 Å². The molecule has 1 aromatic rings. The van der Waals surface area contributed by atoms with Gasteiger partial charge in [0.05, 0.1) is 25.5 Å². The van der Waals surface area contributed by atoms with E-state index in [1.54, 1.807) is 12.1 Å². The summed E-state index contributed by atoms with van der Waals surface area (Å²) in [6.45, 7) is 1.64. The predicted octanol–water partition coefficient (Wildman–Crippen LogP) is 0.424. The van der Waals surface area contributed by atoms with E-state index in [2.05, 4.69) is 0 Å². The van der Waals surface area contributed by atoms with Gasteiger partial charge in [-0.05, 0) is 12.1 Å². The second kappa shape index (κ2) is 5.86. The first kappa shape index (κ1) is 12.2. The summed E-state index contributed by atoms with van der Waals surface area (Å²) in [6, 6.07) is 7.19. The van der Waals surface area contributed by atoms with Gasteiger partial charge in [0, 0.05) is 0 Å². The topological polar surface area (TPSA) is 73.9 Å². The molecule has 94 valence electrons. The Morgan fingerprint density at radius 3 is 2.76 bits per heavy atom. The van der Waals surface area contributed by atoms with Crippen LogP contribution >= 0.6 is 0 Å². The monoisotopic (exact) mass is 239 g/mol. The largest absolute Gasteiger partial charge is 0.489 e. The molecule has 5 nitrogen and oxygen atoms in total. The Morgan fingerprint density at radius 1 is 1.35 bits per heavy atom. The van der Waals surface area contributed by atoms with Crippen LogP contribution in [0.2, 0.25) is 0 Å². The van der Waals surface area contributed by atoms with Crippen molar-refractivity contribution in [2.24, 2.45) is 0 Å². The lowest BCUT2D eigenvalue weighted by Gasteiger charge is -2.27. The number of hydrogen-bond acceptors (Lipinski definition) is 5. The van der Waals surface area contributed by atoms with Gasteiger partial charge in [0.2, 0.25) is 0 Å². The zero-order chi connectivity index (χ0) is 12.1. The van der Waals surface area contributed by atoms with Gasteiger partial charge in [0.25, 0.3) is 0 Å². The molecule has 0 aromatic heterocycles. The molecule has 17 heavy (non-hydrogen) atoms. The van der Waals surface area contributed by atoms with Crippen LogP contribution in [0.5, 0.6) is 5.75 Å². The van der Waals surface area contributed by atoms with Crippen molar-refractivity contribution in [1.29, 1.82) is 0 Å². The third kappa shape index (κ3) is 3.59. The standard InChI is InChI=1S/C12H17NO4/c13-11-3-1-2-4-12(11)17-6-9(14)5-16-10-7-15-8-10/h1-4,9-10,14H,5-8,13H2. The highest BCUT2D eigenvalue weighted by Gasteiger charge is 2.20. The van der Waals surface area contributed by atoms with Crippen molar-refractivity contribution in [1.82, 2.24) is 0 Å². The van der Waals surface area contributed by atoms with Gasteiger partial charge < -0.3 is 25.1 Å². The summed E-state index contributed by atoms with van der Waals surface area (Å²) in [6.07, 6.45) is -0.540. The van der Waals surface area contributed by atoms with Crippen molar-refractivity contribution >= 4 is 5.69 Å². The number of aliphatic hydroxyl groups excluding tert-OH is 1. The Bertz CT molecular complexity index is 354. The summed E-state index contributed by atoms with van der Waals surface area (Å²) in [5.41, 5.74) is 6.27. The number of para-hydroxylation sites is 2. The number of ether oxygens (including phenoxy) is 3. The zero-order valence-corrected chi connectivity index (χ0v) is 9.54. The van der Waals surface area contributed by atoms with Crippen molar-refractivity contribution in [3.8, 4) is 5.75 Å². The van der Waals surface area contributed by atoms with E-state index >= 15 is 0 Å². The number of aliphatic hydroxyl groups is 1. The van der Waals surface area contributed by atoms with E-state index in [0.29, 0.717) is 24.7 Å². The summed E-state index contributed by atoms with van der Waals surface area (Å²) in [5, 5.41) is 9.64. The van der Waals surface area contributed by atoms with Crippen LogP contribution in [0.1, 0.15) is 0 Å². The molecule has 1 saturated heterocycles. The lowest BCUT2D eigenvalue weighted by Crippen LogP contribution is -2.38. The molecule has 1 unspecified atom stereocenters. The molecule has 0 aliphatic carbocycles. The Labute approximate surface area is 100 Å². The number of benzene rings is 1. The van der Waals surface area contributed by atoms with Crippen molar-refractivity contribution in [3.05, 3.63) is 24.3 Å². The number of rotatable bonds is 6. The van der Waals surface area contributed by atoms with Gasteiger partial charge in [-0.15, -0.1) is 0 Å². The van der Waals surface area contributed by atoms with Crippen molar-refractivity contribution in [3.63, 3.8) is 0 Å². The van der Waals surface area contributed by atoms with Gasteiger partial charge in [-0.25, -0.2) is 0 Å². The van der Waals surface area contributed by atoms with E-state index in [1.807, 2.05) is 12.1 Å². The van der Waals surface area contributed by atoms with E-state index in [4.69, 9.17) is 19.9 Å². The minimum atomic E-state index is -0.657. The minimum Gasteiger partial charge on any atom is -0.489 e. The molecule has 0 amide bonds. The van der Waals surface area contributed by atoms with Crippen molar-refractivity contribution < 1.29 is 19.3 Å². The molecular weight excluding hydrogens is 222 g/mol. The third-order valence-electron chi connectivity index (χ3n) is 2.48. The fourth-order valence-electron chi connectivity index (χ4n) is 1.40. The Morgan fingerprint density at radius 2 is 2.12 bits per heavy atom.